The van der Waals surface area contributed by atoms with Crippen LogP contribution in [0, 0.1) is 0 Å². The second kappa shape index (κ2) is 9.34. The predicted molar refractivity (Wildman–Crippen MR) is 37.5 cm³/mol. The Morgan fingerprint density at radius 3 is 2.58 bits per heavy atom. The minimum absolute atomic E-state index is 0. The van der Waals surface area contributed by atoms with Crippen molar-refractivity contribution in [1.29, 1.82) is 0 Å². The number of rotatable bonds is 6. The molecule has 0 aromatic rings. The van der Waals surface area contributed by atoms with Crippen molar-refractivity contribution in [3.05, 3.63) is 0 Å². The summed E-state index contributed by atoms with van der Waals surface area (Å²) in [7, 11) is -3.15. The van der Waals surface area contributed by atoms with Gasteiger partial charge in [-0.2, -0.15) is 4.33 Å². The van der Waals surface area contributed by atoms with E-state index in [1.165, 1.54) is 0 Å². The minimum Gasteiger partial charge on any atom is -0.691 e. The molecule has 0 fully saturated rings. The molecule has 1 N–H and O–H groups in total. The van der Waals surface area contributed by atoms with Gasteiger partial charge < -0.3 is 5.26 Å². The second-order valence-corrected chi connectivity index (χ2v) is 4.24. The molecule has 0 radical (unpaired) electrons. The molecule has 0 saturated heterocycles. The minimum atomic E-state index is -3.15. The number of hydrogen-bond acceptors (Lipinski definition) is 6. The molecule has 68 valence electrons. The van der Waals surface area contributed by atoms with Crippen LogP contribution in [0.3, 0.4) is 0 Å². The van der Waals surface area contributed by atoms with E-state index < -0.39 is 10.0 Å². The molecule has 9 heteroatoms. The molecule has 0 atom stereocenters. The average molecular weight is 241 g/mol. The topological polar surface area (TPSA) is 87.7 Å². The molecule has 0 aromatic carbocycles. The zero-order valence-corrected chi connectivity index (χ0v) is 11.5. The maximum Gasteiger partial charge on any atom is 1.00 e. The van der Waals surface area contributed by atoms with Gasteiger partial charge in [0.15, 0.2) is 0 Å². The van der Waals surface area contributed by atoms with Gasteiger partial charge in [0, 0.05) is 24.3 Å². The largest absolute Gasteiger partial charge is 1.00 e. The van der Waals surface area contributed by atoms with Crippen LogP contribution in [0.15, 0.2) is 0 Å². The summed E-state index contributed by atoms with van der Waals surface area (Å²) in [6, 6.07) is 0. The summed E-state index contributed by atoms with van der Waals surface area (Å²) >= 11 is 0.732. The second-order valence-electron chi connectivity index (χ2n) is 1.62. The van der Waals surface area contributed by atoms with E-state index in [0.29, 0.717) is 5.75 Å². The Morgan fingerprint density at radius 1 is 1.58 bits per heavy atom. The zero-order valence-electron chi connectivity index (χ0n) is 6.77. The van der Waals surface area contributed by atoms with Gasteiger partial charge in [0.05, 0.1) is 6.26 Å². The molecule has 0 unspecified atom stereocenters. The Balaban J connectivity index is 0. The van der Waals surface area contributed by atoms with E-state index in [9.17, 15) is 13.7 Å². The fourth-order valence-electron chi connectivity index (χ4n) is 0.322. The first-order valence-corrected chi connectivity index (χ1v) is 5.39. The number of nitrogens with one attached hydrogen (secondary N) is 1. The van der Waals surface area contributed by atoms with Gasteiger partial charge in [-0.15, -0.1) is 0 Å². The summed E-state index contributed by atoms with van der Waals surface area (Å²) in [4.78, 5) is 0. The summed E-state index contributed by atoms with van der Waals surface area (Å²) in [6.07, 6.45) is 1.04. The van der Waals surface area contributed by atoms with Crippen molar-refractivity contribution >= 4 is 22.1 Å². The average Bonchev–Trinajstić information content (AvgIpc) is 1.85. The Bertz CT molecular complexity index is 183. The molecule has 0 spiro atoms. The van der Waals surface area contributed by atoms with Gasteiger partial charge in [-0.3, -0.25) is 5.04 Å². The van der Waals surface area contributed by atoms with Crippen LogP contribution in [-0.2, 0) is 19.4 Å². The first-order chi connectivity index (χ1) is 5.06. The van der Waals surface area contributed by atoms with Crippen LogP contribution in [0.2, 0.25) is 0 Å². The monoisotopic (exact) mass is 241 g/mol. The quantitative estimate of drug-likeness (QED) is 0.166. The molecular formula is C3H8KNO5S2. The van der Waals surface area contributed by atoms with E-state index in [0.717, 1.165) is 18.3 Å². The van der Waals surface area contributed by atoms with Crippen LogP contribution in [-0.4, -0.2) is 27.0 Å². The third kappa shape index (κ3) is 14.3. The van der Waals surface area contributed by atoms with E-state index in [1.54, 1.807) is 0 Å². The van der Waals surface area contributed by atoms with E-state index >= 15 is 0 Å². The Labute approximate surface area is 118 Å². The number of hydrogen-bond donors (Lipinski definition) is 1. The van der Waals surface area contributed by atoms with Gasteiger partial charge in [0.2, 0.25) is 10.0 Å². The van der Waals surface area contributed by atoms with Gasteiger partial charge >= 0.3 is 51.4 Å². The van der Waals surface area contributed by atoms with Crippen molar-refractivity contribution in [1.82, 2.24) is 4.72 Å². The van der Waals surface area contributed by atoms with Crippen molar-refractivity contribution < 1.29 is 74.4 Å². The molecule has 0 saturated carbocycles. The van der Waals surface area contributed by atoms with Crippen LogP contribution in [0.1, 0.15) is 0 Å². The van der Waals surface area contributed by atoms with E-state index in [1.807, 2.05) is 0 Å². The summed E-state index contributed by atoms with van der Waals surface area (Å²) in [5, 5.41) is 12.2. The van der Waals surface area contributed by atoms with Crippen LogP contribution >= 0.6 is 12.0 Å². The van der Waals surface area contributed by atoms with Gasteiger partial charge in [0.25, 0.3) is 0 Å². The molecule has 0 aliphatic rings. The van der Waals surface area contributed by atoms with Crippen LogP contribution in [0.25, 0.3) is 0 Å². The van der Waals surface area contributed by atoms with Crippen molar-refractivity contribution in [2.45, 2.75) is 0 Å². The third-order valence-corrected chi connectivity index (χ3v) is 1.88. The first kappa shape index (κ1) is 16.2. The molecule has 0 aliphatic carbocycles. The summed E-state index contributed by atoms with van der Waals surface area (Å²) in [5.41, 5.74) is 0. The molecule has 0 aromatic heterocycles. The van der Waals surface area contributed by atoms with Crippen LogP contribution < -0.4 is 61.4 Å². The normalized spacial score (nSPS) is 10.8. The van der Waals surface area contributed by atoms with E-state index in [-0.39, 0.29) is 57.9 Å². The molecule has 6 nitrogen and oxygen atoms in total. The van der Waals surface area contributed by atoms with Crippen molar-refractivity contribution in [2.24, 2.45) is 0 Å². The Morgan fingerprint density at radius 2 is 2.17 bits per heavy atom. The third-order valence-electron chi connectivity index (χ3n) is 0.626. The van der Waals surface area contributed by atoms with Gasteiger partial charge in [-0.25, -0.2) is 13.1 Å². The fraction of sp³-hybridized carbons (Fsp3) is 1.00. The summed E-state index contributed by atoms with van der Waals surface area (Å²) in [5.74, 6) is 0.315. The van der Waals surface area contributed by atoms with E-state index in [4.69, 9.17) is 0 Å². The summed E-state index contributed by atoms with van der Waals surface area (Å²) in [6.45, 7) is 0.201. The molecule has 0 heterocycles. The van der Waals surface area contributed by atoms with Crippen molar-refractivity contribution in [3.8, 4) is 0 Å². The van der Waals surface area contributed by atoms with E-state index in [2.05, 4.69) is 14.1 Å². The van der Waals surface area contributed by atoms with Gasteiger partial charge in [-0.05, 0) is 0 Å². The maximum absolute atomic E-state index is 10.4. The van der Waals surface area contributed by atoms with Crippen molar-refractivity contribution in [2.75, 3.05) is 18.6 Å². The summed E-state index contributed by atoms with van der Waals surface area (Å²) < 4.78 is 26.9. The zero-order chi connectivity index (χ0) is 8.74. The predicted octanol–water partition coefficient (Wildman–Crippen LogP) is -4.59. The first-order valence-electron chi connectivity index (χ1n) is 2.59. The molecule has 12 heavy (non-hydrogen) atoms. The Hall–Kier alpha value is 1.78. The Kier molecular flexibility index (Phi) is 12.6. The van der Waals surface area contributed by atoms with Crippen LogP contribution in [0.5, 0.6) is 0 Å². The standard InChI is InChI=1S/C3H9NO5S2.K/c1-11(6,7)4-2-3-10-9-8-5;/h4-5H,2-3H2,1H3;/q;+1/p-1. The molecule has 0 aliphatic heterocycles. The van der Waals surface area contributed by atoms with Gasteiger partial charge in [-0.1, -0.05) is 0 Å². The van der Waals surface area contributed by atoms with Crippen molar-refractivity contribution in [3.63, 3.8) is 0 Å². The SMILES string of the molecule is CS(=O)(=O)NCCSOO[O-].[K+]. The molecule has 0 bridgehead atoms. The fourth-order valence-corrected chi connectivity index (χ4v) is 1.22. The molecular weight excluding hydrogens is 233 g/mol. The molecule has 0 amide bonds. The number of sulfonamides is 1. The molecule has 0 rings (SSSR count). The maximum atomic E-state index is 10.4. The van der Waals surface area contributed by atoms with Crippen LogP contribution in [0.4, 0.5) is 0 Å². The van der Waals surface area contributed by atoms with Gasteiger partial charge in [0.1, 0.15) is 0 Å². The smallest absolute Gasteiger partial charge is 0.691 e.